The minimum atomic E-state index is -0.722. The van der Waals surface area contributed by atoms with Gasteiger partial charge in [-0.3, -0.25) is 4.79 Å². The molecule has 7 nitrogen and oxygen atoms in total. The van der Waals surface area contributed by atoms with Gasteiger partial charge in [0.15, 0.2) is 0 Å². The molecule has 28 heavy (non-hydrogen) atoms. The number of benzene rings is 2. The van der Waals surface area contributed by atoms with Gasteiger partial charge in [0.1, 0.15) is 23.3 Å². The maximum atomic E-state index is 12.4. The molecule has 2 aromatic carbocycles. The molecule has 0 saturated heterocycles. The van der Waals surface area contributed by atoms with Gasteiger partial charge in [-0.25, -0.2) is 4.79 Å². The number of amides is 3. The van der Waals surface area contributed by atoms with Crippen LogP contribution < -0.4 is 25.8 Å². The fourth-order valence-electron chi connectivity index (χ4n) is 2.42. The second-order valence-electron chi connectivity index (χ2n) is 5.86. The second-order valence-corrected chi connectivity index (χ2v) is 6.85. The molecular formula is C20H25N3O4S. The first kappa shape index (κ1) is 21.4. The Kier molecular flexibility index (Phi) is 8.48. The third-order valence-electron chi connectivity index (χ3n) is 3.74. The number of anilines is 1. The zero-order valence-electron chi connectivity index (χ0n) is 15.9. The number of hydrogen-bond donors (Lipinski definition) is 3. The van der Waals surface area contributed by atoms with E-state index in [0.717, 1.165) is 11.5 Å². The largest absolute Gasteiger partial charge is 0.494 e. The van der Waals surface area contributed by atoms with Crippen LogP contribution >= 0.6 is 11.8 Å². The van der Waals surface area contributed by atoms with E-state index in [1.54, 1.807) is 36.0 Å². The van der Waals surface area contributed by atoms with Crippen LogP contribution in [0, 0.1) is 0 Å². The predicted molar refractivity (Wildman–Crippen MR) is 112 cm³/mol. The third-order valence-corrected chi connectivity index (χ3v) is 4.38. The van der Waals surface area contributed by atoms with Gasteiger partial charge in [0.25, 0.3) is 0 Å². The number of nitrogens with one attached hydrogen (secondary N) is 2. The number of rotatable bonds is 10. The molecule has 3 amide bonds. The lowest BCUT2D eigenvalue weighted by Crippen LogP contribution is -2.46. The smallest absolute Gasteiger partial charge is 0.312 e. The molecule has 8 heteroatoms. The van der Waals surface area contributed by atoms with Crippen LogP contribution in [-0.2, 0) is 4.79 Å². The number of thioether (sulfide) groups is 1. The van der Waals surface area contributed by atoms with Crippen molar-refractivity contribution in [1.29, 1.82) is 0 Å². The minimum Gasteiger partial charge on any atom is -0.494 e. The van der Waals surface area contributed by atoms with Gasteiger partial charge in [-0.05, 0) is 73.9 Å². The van der Waals surface area contributed by atoms with Crippen molar-refractivity contribution in [2.75, 3.05) is 23.9 Å². The topological polar surface area (TPSA) is 103 Å². The fraction of sp³-hybridized carbons (Fsp3) is 0.300. The first-order valence-corrected chi connectivity index (χ1v) is 10.3. The Labute approximate surface area is 169 Å². The molecule has 2 rings (SSSR count). The van der Waals surface area contributed by atoms with Crippen LogP contribution in [0.5, 0.6) is 17.2 Å². The molecular weight excluding hydrogens is 378 g/mol. The molecule has 0 aliphatic heterocycles. The van der Waals surface area contributed by atoms with E-state index in [9.17, 15) is 9.59 Å². The Morgan fingerprint density at radius 3 is 2.14 bits per heavy atom. The molecule has 0 spiro atoms. The molecule has 150 valence electrons. The van der Waals surface area contributed by atoms with Crippen LogP contribution in [0.1, 0.15) is 13.3 Å². The highest BCUT2D eigenvalue weighted by Gasteiger charge is 2.19. The number of carbonyl (C=O) groups is 2. The van der Waals surface area contributed by atoms with Gasteiger partial charge in [-0.15, -0.1) is 0 Å². The van der Waals surface area contributed by atoms with Gasteiger partial charge < -0.3 is 25.8 Å². The molecule has 0 unspecified atom stereocenters. The molecule has 0 heterocycles. The number of urea groups is 1. The van der Waals surface area contributed by atoms with Crippen LogP contribution in [0.2, 0.25) is 0 Å². The Balaban J connectivity index is 1.95. The molecule has 4 N–H and O–H groups in total. The van der Waals surface area contributed by atoms with Crippen molar-refractivity contribution >= 4 is 29.4 Å². The lowest BCUT2D eigenvalue weighted by Gasteiger charge is -2.17. The number of hydrogen-bond acceptors (Lipinski definition) is 5. The maximum absolute atomic E-state index is 12.4. The zero-order chi connectivity index (χ0) is 20.4. The number of primary amides is 1. The van der Waals surface area contributed by atoms with Gasteiger partial charge in [0, 0.05) is 5.69 Å². The Morgan fingerprint density at radius 2 is 1.61 bits per heavy atom. The molecule has 0 aliphatic rings. The highest BCUT2D eigenvalue weighted by Crippen LogP contribution is 2.25. The van der Waals surface area contributed by atoms with E-state index in [0.29, 0.717) is 30.2 Å². The molecule has 0 saturated carbocycles. The van der Waals surface area contributed by atoms with Crippen LogP contribution in [0.3, 0.4) is 0 Å². The van der Waals surface area contributed by atoms with E-state index in [1.807, 2.05) is 37.4 Å². The van der Waals surface area contributed by atoms with Gasteiger partial charge in [0.2, 0.25) is 5.91 Å². The van der Waals surface area contributed by atoms with E-state index in [-0.39, 0.29) is 5.91 Å². The average molecular weight is 404 g/mol. The summed E-state index contributed by atoms with van der Waals surface area (Å²) < 4.78 is 11.2. The van der Waals surface area contributed by atoms with E-state index in [4.69, 9.17) is 15.2 Å². The van der Waals surface area contributed by atoms with Gasteiger partial charge in [0.05, 0.1) is 6.61 Å². The first-order chi connectivity index (χ1) is 13.5. The van der Waals surface area contributed by atoms with Crippen LogP contribution in [-0.4, -0.2) is 36.6 Å². The SMILES string of the molecule is CCOc1ccc(Oc2ccc(NC(=O)[C@@H](CCSC)NC(N)=O)cc2)cc1. The van der Waals surface area contributed by atoms with Gasteiger partial charge in [-0.2, -0.15) is 11.8 Å². The first-order valence-electron chi connectivity index (χ1n) is 8.88. The van der Waals surface area contributed by atoms with E-state index >= 15 is 0 Å². The number of ether oxygens (including phenoxy) is 2. The highest BCUT2D eigenvalue weighted by atomic mass is 32.2. The van der Waals surface area contributed by atoms with Crippen molar-refractivity contribution in [3.8, 4) is 17.2 Å². The summed E-state index contributed by atoms with van der Waals surface area (Å²) in [7, 11) is 0. The fourth-order valence-corrected chi connectivity index (χ4v) is 2.89. The summed E-state index contributed by atoms with van der Waals surface area (Å²) in [6.07, 6.45) is 2.43. The maximum Gasteiger partial charge on any atom is 0.312 e. The van der Waals surface area contributed by atoms with Crippen molar-refractivity contribution in [3.05, 3.63) is 48.5 Å². The summed E-state index contributed by atoms with van der Waals surface area (Å²) in [6, 6.07) is 12.9. The summed E-state index contributed by atoms with van der Waals surface area (Å²) >= 11 is 1.59. The lowest BCUT2D eigenvalue weighted by molar-refractivity contribution is -0.117. The summed E-state index contributed by atoms with van der Waals surface area (Å²) in [5, 5.41) is 5.25. The highest BCUT2D eigenvalue weighted by molar-refractivity contribution is 7.98. The Hall–Kier alpha value is -2.87. The van der Waals surface area contributed by atoms with Crippen LogP contribution in [0.25, 0.3) is 0 Å². The molecule has 0 radical (unpaired) electrons. The molecule has 2 aromatic rings. The number of carbonyl (C=O) groups excluding carboxylic acids is 2. The third kappa shape index (κ3) is 7.03. The van der Waals surface area contributed by atoms with E-state index in [1.165, 1.54) is 0 Å². The Morgan fingerprint density at radius 1 is 1.04 bits per heavy atom. The van der Waals surface area contributed by atoms with E-state index in [2.05, 4.69) is 10.6 Å². The van der Waals surface area contributed by atoms with Gasteiger partial charge >= 0.3 is 6.03 Å². The van der Waals surface area contributed by atoms with Crippen molar-refractivity contribution < 1.29 is 19.1 Å². The molecule has 0 bridgehead atoms. The van der Waals surface area contributed by atoms with Crippen LogP contribution in [0.4, 0.5) is 10.5 Å². The predicted octanol–water partition coefficient (Wildman–Crippen LogP) is 3.61. The normalized spacial score (nSPS) is 11.4. The minimum absolute atomic E-state index is 0.312. The molecule has 1 atom stereocenters. The summed E-state index contributed by atoms with van der Waals surface area (Å²) in [5.74, 6) is 2.52. The summed E-state index contributed by atoms with van der Waals surface area (Å²) in [4.78, 5) is 23.5. The Bertz CT molecular complexity index is 766. The molecule has 0 aromatic heterocycles. The lowest BCUT2D eigenvalue weighted by atomic mass is 10.2. The van der Waals surface area contributed by atoms with Crippen molar-refractivity contribution in [1.82, 2.24) is 5.32 Å². The monoisotopic (exact) mass is 403 g/mol. The molecule has 0 fully saturated rings. The quantitative estimate of drug-likeness (QED) is 0.562. The number of nitrogens with two attached hydrogens (primary N) is 1. The molecule has 0 aliphatic carbocycles. The van der Waals surface area contributed by atoms with Crippen molar-refractivity contribution in [2.45, 2.75) is 19.4 Å². The van der Waals surface area contributed by atoms with E-state index < -0.39 is 12.1 Å². The summed E-state index contributed by atoms with van der Waals surface area (Å²) in [5.41, 5.74) is 5.76. The second kappa shape index (κ2) is 11.1. The van der Waals surface area contributed by atoms with Crippen LogP contribution in [0.15, 0.2) is 48.5 Å². The summed E-state index contributed by atoms with van der Waals surface area (Å²) in [6.45, 7) is 2.54. The zero-order valence-corrected chi connectivity index (χ0v) is 16.8. The van der Waals surface area contributed by atoms with Crippen molar-refractivity contribution in [3.63, 3.8) is 0 Å². The van der Waals surface area contributed by atoms with Crippen molar-refractivity contribution in [2.24, 2.45) is 5.73 Å². The standard InChI is InChI=1S/C20H25N3O4S/c1-3-26-15-8-10-17(11-9-15)27-16-6-4-14(5-7-16)22-19(24)18(12-13-28-2)23-20(21)25/h4-11,18H,3,12-13H2,1-2H3,(H,22,24)(H3,21,23,25)/t18-/m1/s1. The average Bonchev–Trinajstić information content (AvgIpc) is 2.68. The van der Waals surface area contributed by atoms with Gasteiger partial charge in [-0.1, -0.05) is 0 Å².